The lowest BCUT2D eigenvalue weighted by molar-refractivity contribution is -0.377. The zero-order valence-corrected chi connectivity index (χ0v) is 31.0. The highest BCUT2D eigenvalue weighted by Gasteiger charge is 2.38. The number of ether oxygens (including phenoxy) is 4. The van der Waals surface area contributed by atoms with Crippen LogP contribution in [0, 0.1) is 11.7 Å². The Morgan fingerprint density at radius 3 is 2.24 bits per heavy atom. The standard InChI is InChI=1S/C39H38Cl2F3N3O6.H2O/c1-23(2)50-35-17-27(11-12-33(35)52-38(43)44)34(18-28-29(40)19-45-20-30(28)41)51-37(48)26-9-7-24(8-10-26)21-47(32-6-4-3-5-31(32)42)39(49)53-36-22-46-15-13-25(36)14-16-46;/h3-12,17,19-20,23,25,34,36,38H,13-16,18,21-22H2,1-2H3;1H2/t34-,36-;/m0./s1. The van der Waals surface area contributed by atoms with E-state index >= 15 is 4.39 Å². The largest absolute Gasteiger partial charge is 0.870 e. The van der Waals surface area contributed by atoms with Crippen molar-refractivity contribution in [1.82, 2.24) is 4.90 Å². The van der Waals surface area contributed by atoms with E-state index in [1.165, 1.54) is 59.8 Å². The molecule has 3 aliphatic rings. The van der Waals surface area contributed by atoms with Crippen molar-refractivity contribution in [3.63, 3.8) is 0 Å². The number of esters is 1. The van der Waals surface area contributed by atoms with Gasteiger partial charge in [0.25, 0.3) is 0 Å². The van der Waals surface area contributed by atoms with E-state index in [0.29, 0.717) is 33.3 Å². The SMILES string of the molecule is CC(C)Oc1cc([C@H](Cc2c(Cl)c[nH+]cc2Cl)OC(=O)c2ccc(CN(C(=O)O[C@H]3CN4CCC3CC4)c3ccccc3F)cc2)ccc1OC(F)F.[OH-]. The molecule has 15 heteroatoms. The molecule has 4 heterocycles. The summed E-state index contributed by atoms with van der Waals surface area (Å²) in [7, 11) is 0. The molecule has 0 saturated carbocycles. The molecule has 3 aromatic carbocycles. The normalized spacial score (nSPS) is 18.1. The summed E-state index contributed by atoms with van der Waals surface area (Å²) < 4.78 is 63.8. The van der Waals surface area contributed by atoms with Crippen LogP contribution in [-0.4, -0.2) is 60.9 Å². The van der Waals surface area contributed by atoms with Crippen LogP contribution in [-0.2, 0) is 22.4 Å². The van der Waals surface area contributed by atoms with Crippen molar-refractivity contribution in [3.8, 4) is 11.5 Å². The molecule has 288 valence electrons. The van der Waals surface area contributed by atoms with Gasteiger partial charge in [0.05, 0.1) is 23.9 Å². The number of fused-ring (bicyclic) bond motifs is 3. The Kier molecular flexibility index (Phi) is 13.7. The number of nitrogens with one attached hydrogen (secondary N) is 1. The number of H-pyrrole nitrogens is 1. The van der Waals surface area contributed by atoms with Gasteiger partial charge in [0.1, 0.15) is 28.1 Å². The first-order valence-corrected chi connectivity index (χ1v) is 18.0. The number of anilines is 1. The van der Waals surface area contributed by atoms with Crippen LogP contribution in [0.4, 0.5) is 23.7 Å². The van der Waals surface area contributed by atoms with Gasteiger partial charge in [-0.05, 0) is 93.2 Å². The molecule has 0 spiro atoms. The molecule has 0 radical (unpaired) electrons. The van der Waals surface area contributed by atoms with Gasteiger partial charge in [-0.3, -0.25) is 9.80 Å². The maximum atomic E-state index is 15.0. The lowest BCUT2D eigenvalue weighted by Crippen LogP contribution is -2.53. The van der Waals surface area contributed by atoms with Crippen LogP contribution in [0.25, 0.3) is 0 Å². The number of carbonyl (C=O) groups excluding carboxylic acids is 2. The van der Waals surface area contributed by atoms with Crippen LogP contribution >= 0.6 is 23.2 Å². The summed E-state index contributed by atoms with van der Waals surface area (Å²) in [6.07, 6.45) is 2.70. The van der Waals surface area contributed by atoms with Crippen molar-refractivity contribution in [2.75, 3.05) is 24.5 Å². The van der Waals surface area contributed by atoms with Crippen LogP contribution in [0.1, 0.15) is 59.8 Å². The third-order valence-corrected chi connectivity index (χ3v) is 9.97. The van der Waals surface area contributed by atoms with E-state index in [4.69, 9.17) is 37.4 Å². The Morgan fingerprint density at radius 2 is 1.63 bits per heavy atom. The van der Waals surface area contributed by atoms with E-state index in [1.807, 2.05) is 0 Å². The minimum atomic E-state index is -3.08. The van der Waals surface area contributed by atoms with Gasteiger partial charge in [-0.2, -0.15) is 8.78 Å². The Hall–Kier alpha value is -4.56. The van der Waals surface area contributed by atoms with Gasteiger partial charge in [-0.1, -0.05) is 53.5 Å². The number of alkyl halides is 2. The summed E-state index contributed by atoms with van der Waals surface area (Å²) in [5.74, 6) is -1.15. The molecule has 1 aromatic heterocycles. The first kappa shape index (κ1) is 40.6. The van der Waals surface area contributed by atoms with E-state index in [9.17, 15) is 18.4 Å². The van der Waals surface area contributed by atoms with Crippen LogP contribution < -0.4 is 19.4 Å². The minimum absolute atomic E-state index is 0. The summed E-state index contributed by atoms with van der Waals surface area (Å²) in [5, 5.41) is 0.594. The van der Waals surface area contributed by atoms with Crippen molar-refractivity contribution in [3.05, 3.63) is 117 Å². The van der Waals surface area contributed by atoms with E-state index in [0.717, 1.165) is 25.9 Å². The molecule has 0 unspecified atom stereocenters. The summed E-state index contributed by atoms with van der Waals surface area (Å²) in [4.78, 5) is 33.6. The number of hydrogen-bond acceptors (Lipinski definition) is 8. The summed E-state index contributed by atoms with van der Waals surface area (Å²) in [6, 6.07) is 16.7. The maximum absolute atomic E-state index is 15.0. The molecule has 2 N–H and O–H groups in total. The second kappa shape index (κ2) is 18.2. The number of rotatable bonds is 13. The fraction of sp³-hybridized carbons (Fsp3) is 0.359. The molecule has 2 bridgehead atoms. The van der Waals surface area contributed by atoms with Gasteiger partial charge >= 0.3 is 18.7 Å². The van der Waals surface area contributed by atoms with Crippen molar-refractivity contribution < 1.29 is 52.2 Å². The third-order valence-electron chi connectivity index (χ3n) is 9.30. The molecule has 3 fully saturated rings. The van der Waals surface area contributed by atoms with Gasteiger partial charge < -0.3 is 24.4 Å². The molecule has 3 saturated heterocycles. The number of para-hydroxylation sites is 1. The number of halogens is 5. The van der Waals surface area contributed by atoms with Crippen LogP contribution in [0.5, 0.6) is 11.5 Å². The smallest absolute Gasteiger partial charge is 0.415 e. The zero-order chi connectivity index (χ0) is 37.6. The monoisotopic (exact) mass is 789 g/mol. The topological polar surface area (TPSA) is 122 Å². The molecule has 4 aromatic rings. The molecule has 10 nitrogen and oxygen atoms in total. The molecular weight excluding hydrogens is 750 g/mol. The number of aromatic nitrogens is 1. The van der Waals surface area contributed by atoms with Crippen molar-refractivity contribution in [2.45, 2.75) is 64.6 Å². The second-order valence-corrected chi connectivity index (χ2v) is 14.1. The van der Waals surface area contributed by atoms with E-state index in [1.54, 1.807) is 38.1 Å². The highest BCUT2D eigenvalue weighted by molar-refractivity contribution is 6.35. The van der Waals surface area contributed by atoms with Gasteiger partial charge in [-0.15, -0.1) is 0 Å². The highest BCUT2D eigenvalue weighted by atomic mass is 35.5. The average Bonchev–Trinajstić information content (AvgIpc) is 3.13. The lowest BCUT2D eigenvalue weighted by Gasteiger charge is -2.44. The maximum Gasteiger partial charge on any atom is 0.415 e. The van der Waals surface area contributed by atoms with Crippen molar-refractivity contribution in [2.24, 2.45) is 5.92 Å². The zero-order valence-electron chi connectivity index (χ0n) is 29.5. The fourth-order valence-electron chi connectivity index (χ4n) is 6.63. The molecule has 54 heavy (non-hydrogen) atoms. The Bertz CT molecular complexity index is 1890. The number of pyridine rings is 1. The summed E-state index contributed by atoms with van der Waals surface area (Å²) >= 11 is 12.9. The molecule has 2 atom stereocenters. The highest BCUT2D eigenvalue weighted by Crippen LogP contribution is 2.37. The van der Waals surface area contributed by atoms with Crippen LogP contribution in [0.15, 0.2) is 79.1 Å². The predicted molar refractivity (Wildman–Crippen MR) is 194 cm³/mol. The Labute approximate surface area is 321 Å². The van der Waals surface area contributed by atoms with Crippen molar-refractivity contribution >= 4 is 41.0 Å². The van der Waals surface area contributed by atoms with E-state index in [-0.39, 0.29) is 59.3 Å². The average molecular weight is 791 g/mol. The van der Waals surface area contributed by atoms with Gasteiger partial charge in [0.15, 0.2) is 23.9 Å². The van der Waals surface area contributed by atoms with Gasteiger partial charge in [0.2, 0.25) is 0 Å². The van der Waals surface area contributed by atoms with Crippen LogP contribution in [0.2, 0.25) is 10.0 Å². The van der Waals surface area contributed by atoms with E-state index < -0.39 is 30.6 Å². The fourth-order valence-corrected chi connectivity index (χ4v) is 7.16. The number of carbonyl (C=O) groups is 2. The molecule has 1 amide bonds. The number of benzene rings is 3. The number of amides is 1. The first-order chi connectivity index (χ1) is 25.4. The molecule has 3 aliphatic heterocycles. The van der Waals surface area contributed by atoms with Crippen molar-refractivity contribution in [1.29, 1.82) is 0 Å². The number of piperidine rings is 3. The predicted octanol–water partition coefficient (Wildman–Crippen LogP) is 8.54. The quantitative estimate of drug-likeness (QED) is 0.124. The number of nitrogens with zero attached hydrogens (tertiary/aromatic N) is 2. The molecule has 7 rings (SSSR count). The number of aromatic amines is 1. The lowest BCUT2D eigenvalue weighted by atomic mass is 9.86. The first-order valence-electron chi connectivity index (χ1n) is 17.3. The number of hydrogen-bond donors (Lipinski definition) is 0. The minimum Gasteiger partial charge on any atom is -0.870 e. The van der Waals surface area contributed by atoms with Gasteiger partial charge in [0, 0.05) is 18.5 Å². The van der Waals surface area contributed by atoms with E-state index in [2.05, 4.69) is 14.6 Å². The Balaban J connectivity index is 0.00000561. The molecule has 0 aliphatic carbocycles. The van der Waals surface area contributed by atoms with Crippen LogP contribution in [0.3, 0.4) is 0 Å². The second-order valence-electron chi connectivity index (χ2n) is 13.3. The van der Waals surface area contributed by atoms with Gasteiger partial charge in [-0.25, -0.2) is 19.0 Å². The molecular formula is C39H40Cl2F3N3O7. The summed E-state index contributed by atoms with van der Waals surface area (Å²) in [5.41, 5.74) is 1.76. The summed E-state index contributed by atoms with van der Waals surface area (Å²) in [6.45, 7) is 2.97. The Morgan fingerprint density at radius 1 is 0.944 bits per heavy atom. The third kappa shape index (κ3) is 9.94.